The molecule has 3 rings (SSSR count). The highest BCUT2D eigenvalue weighted by Gasteiger charge is 2.33. The third-order valence-corrected chi connectivity index (χ3v) is 5.71. The molecule has 3 aromatic carbocycles. The van der Waals surface area contributed by atoms with Crippen LogP contribution >= 0.6 is 0 Å². The predicted octanol–water partition coefficient (Wildman–Crippen LogP) is 7.85. The first-order valence-electron chi connectivity index (χ1n) is 12.3. The molecule has 0 spiro atoms. The summed E-state index contributed by atoms with van der Waals surface area (Å²) in [4.78, 5) is 12.5. The van der Waals surface area contributed by atoms with E-state index in [1.54, 1.807) is 39.0 Å². The molecule has 0 heterocycles. The van der Waals surface area contributed by atoms with Crippen LogP contribution < -0.4 is 14.2 Å². The van der Waals surface area contributed by atoms with E-state index in [0.717, 1.165) is 5.56 Å². The Morgan fingerprint density at radius 2 is 1.45 bits per heavy atom. The molecule has 8 heteroatoms. The molecule has 0 atom stereocenters. The van der Waals surface area contributed by atoms with Gasteiger partial charge in [-0.05, 0) is 61.1 Å². The maximum atomic E-state index is 12.6. The highest BCUT2D eigenvalue weighted by molar-refractivity contribution is 5.80. The van der Waals surface area contributed by atoms with Gasteiger partial charge in [-0.15, -0.1) is 13.2 Å². The van der Waals surface area contributed by atoms with Crippen LogP contribution in [-0.4, -0.2) is 24.5 Å². The highest BCUT2D eigenvalue weighted by atomic mass is 19.4. The number of alkyl halides is 3. The Kier molecular flexibility index (Phi) is 8.65. The summed E-state index contributed by atoms with van der Waals surface area (Å²) in [5.74, 6) is -0.238. The maximum absolute atomic E-state index is 12.6. The molecule has 0 fully saturated rings. The molecule has 0 saturated heterocycles. The number of benzene rings is 3. The molecule has 0 bridgehead atoms. The number of ether oxygens (including phenoxy) is 4. The van der Waals surface area contributed by atoms with Crippen molar-refractivity contribution >= 4 is 5.97 Å². The first-order valence-corrected chi connectivity index (χ1v) is 12.3. The van der Waals surface area contributed by atoms with Gasteiger partial charge in [0.05, 0.1) is 6.61 Å². The van der Waals surface area contributed by atoms with Crippen molar-refractivity contribution in [3.63, 3.8) is 0 Å². The summed E-state index contributed by atoms with van der Waals surface area (Å²) in [5.41, 5.74) is 1.95. The van der Waals surface area contributed by atoms with Crippen LogP contribution in [0.15, 0.2) is 66.7 Å². The number of carbonyl (C=O) groups excluding carboxylic acids is 1. The summed E-state index contributed by atoms with van der Waals surface area (Å²) in [6.45, 7) is 11.7. The van der Waals surface area contributed by atoms with E-state index in [1.807, 2.05) is 24.3 Å². The summed E-state index contributed by atoms with van der Waals surface area (Å²) in [5, 5.41) is 0. The van der Waals surface area contributed by atoms with Crippen molar-refractivity contribution in [2.75, 3.05) is 6.61 Å². The average molecular weight is 531 g/mol. The van der Waals surface area contributed by atoms with Crippen molar-refractivity contribution in [2.24, 2.45) is 0 Å². The third-order valence-electron chi connectivity index (χ3n) is 5.71. The largest absolute Gasteiger partial charge is 0.573 e. The molecule has 0 saturated carbocycles. The zero-order valence-corrected chi connectivity index (χ0v) is 22.4. The maximum Gasteiger partial charge on any atom is 0.573 e. The lowest BCUT2D eigenvalue weighted by Crippen LogP contribution is -2.39. The third kappa shape index (κ3) is 7.66. The van der Waals surface area contributed by atoms with Gasteiger partial charge in [0.25, 0.3) is 0 Å². The van der Waals surface area contributed by atoms with Crippen LogP contribution in [0.4, 0.5) is 13.2 Å². The van der Waals surface area contributed by atoms with E-state index in [2.05, 4.69) is 25.5 Å². The van der Waals surface area contributed by atoms with Crippen molar-refractivity contribution in [3.05, 3.63) is 77.9 Å². The van der Waals surface area contributed by atoms with Gasteiger partial charge in [-0.1, -0.05) is 69.3 Å². The summed E-state index contributed by atoms with van der Waals surface area (Å²) >= 11 is 0. The van der Waals surface area contributed by atoms with E-state index in [1.165, 1.54) is 29.8 Å². The molecule has 5 nitrogen and oxygen atoms in total. The Labute approximate surface area is 221 Å². The van der Waals surface area contributed by atoms with E-state index in [4.69, 9.17) is 14.2 Å². The van der Waals surface area contributed by atoms with Gasteiger partial charge in [-0.2, -0.15) is 0 Å². The SMILES string of the molecule is CCOC(=O)C(C)(C)Oc1cccc(-c2ccc(OC(F)(F)F)cc2)c1OCc1ccc(C(C)(C)C)cc1. The van der Waals surface area contributed by atoms with Gasteiger partial charge >= 0.3 is 12.3 Å². The molecule has 0 N–H and O–H groups in total. The standard InChI is InChI=1S/C30H33F3O5/c1-7-35-27(34)29(5,6)38-25-10-8-9-24(21-13-17-23(18-14-21)37-30(31,32)33)26(25)36-19-20-11-15-22(16-12-20)28(2,3)4/h8-18H,7,19H2,1-6H3. The molecular weight excluding hydrogens is 497 g/mol. The summed E-state index contributed by atoms with van der Waals surface area (Å²) in [6.07, 6.45) is -4.79. The van der Waals surface area contributed by atoms with Crippen molar-refractivity contribution in [3.8, 4) is 28.4 Å². The van der Waals surface area contributed by atoms with E-state index in [0.29, 0.717) is 22.6 Å². The fourth-order valence-corrected chi connectivity index (χ4v) is 3.69. The summed E-state index contributed by atoms with van der Waals surface area (Å²) in [7, 11) is 0. The second-order valence-electron chi connectivity index (χ2n) is 10.3. The van der Waals surface area contributed by atoms with Gasteiger partial charge in [0.15, 0.2) is 17.1 Å². The Morgan fingerprint density at radius 1 is 0.816 bits per heavy atom. The summed E-state index contributed by atoms with van der Waals surface area (Å²) < 4.78 is 59.3. The Balaban J connectivity index is 1.97. The van der Waals surface area contributed by atoms with Crippen LogP contribution in [0, 0.1) is 0 Å². The zero-order valence-electron chi connectivity index (χ0n) is 22.4. The molecule has 3 aromatic rings. The second kappa shape index (κ2) is 11.4. The molecule has 0 radical (unpaired) electrons. The molecule has 0 unspecified atom stereocenters. The number of hydrogen-bond donors (Lipinski definition) is 0. The minimum Gasteiger partial charge on any atom is -0.484 e. The minimum absolute atomic E-state index is 0.00761. The van der Waals surface area contributed by atoms with Crippen LogP contribution in [0.1, 0.15) is 52.7 Å². The highest BCUT2D eigenvalue weighted by Crippen LogP contribution is 2.41. The molecule has 0 aliphatic carbocycles. The minimum atomic E-state index is -4.79. The lowest BCUT2D eigenvalue weighted by atomic mass is 9.87. The van der Waals surface area contributed by atoms with Gasteiger partial charge in [0, 0.05) is 5.56 Å². The van der Waals surface area contributed by atoms with E-state index < -0.39 is 17.9 Å². The van der Waals surface area contributed by atoms with Crippen LogP contribution in [-0.2, 0) is 21.6 Å². The van der Waals surface area contributed by atoms with Gasteiger partial charge in [-0.25, -0.2) is 4.79 Å². The molecule has 204 valence electrons. The van der Waals surface area contributed by atoms with Crippen LogP contribution in [0.25, 0.3) is 11.1 Å². The van der Waals surface area contributed by atoms with Crippen LogP contribution in [0.2, 0.25) is 0 Å². The lowest BCUT2D eigenvalue weighted by molar-refractivity contribution is -0.274. The van der Waals surface area contributed by atoms with Crippen LogP contribution in [0.3, 0.4) is 0 Å². The Morgan fingerprint density at radius 3 is 2.00 bits per heavy atom. The molecular formula is C30H33F3O5. The lowest BCUT2D eigenvalue weighted by Gasteiger charge is -2.26. The van der Waals surface area contributed by atoms with E-state index in [-0.39, 0.29) is 24.4 Å². The molecule has 0 aromatic heterocycles. The number of carbonyl (C=O) groups is 1. The molecule has 38 heavy (non-hydrogen) atoms. The normalized spacial score (nSPS) is 12.1. The molecule has 0 amide bonds. The number of halogens is 3. The van der Waals surface area contributed by atoms with E-state index >= 15 is 0 Å². The van der Waals surface area contributed by atoms with E-state index in [9.17, 15) is 18.0 Å². The zero-order chi connectivity index (χ0) is 28.1. The van der Waals surface area contributed by atoms with Crippen molar-refractivity contribution in [1.82, 2.24) is 0 Å². The number of hydrogen-bond acceptors (Lipinski definition) is 5. The summed E-state index contributed by atoms with van der Waals surface area (Å²) in [6, 6.07) is 18.7. The Hall–Kier alpha value is -3.68. The first kappa shape index (κ1) is 28.9. The van der Waals surface area contributed by atoms with Crippen LogP contribution in [0.5, 0.6) is 17.2 Å². The topological polar surface area (TPSA) is 54.0 Å². The molecule has 0 aliphatic rings. The van der Waals surface area contributed by atoms with Crippen molar-refractivity contribution < 1.29 is 36.9 Å². The fraction of sp³-hybridized carbons (Fsp3) is 0.367. The smallest absolute Gasteiger partial charge is 0.484 e. The van der Waals surface area contributed by atoms with Gasteiger partial charge in [0.1, 0.15) is 12.4 Å². The second-order valence-corrected chi connectivity index (χ2v) is 10.3. The Bertz CT molecular complexity index is 1220. The average Bonchev–Trinajstić information content (AvgIpc) is 2.82. The van der Waals surface area contributed by atoms with Gasteiger partial charge in [0.2, 0.25) is 0 Å². The fourth-order valence-electron chi connectivity index (χ4n) is 3.69. The quantitative estimate of drug-likeness (QED) is 0.264. The number of para-hydroxylation sites is 1. The monoisotopic (exact) mass is 530 g/mol. The molecule has 0 aliphatic heterocycles. The van der Waals surface area contributed by atoms with Crippen molar-refractivity contribution in [1.29, 1.82) is 0 Å². The number of esters is 1. The van der Waals surface area contributed by atoms with Gasteiger partial charge in [-0.3, -0.25) is 0 Å². The predicted molar refractivity (Wildman–Crippen MR) is 139 cm³/mol. The van der Waals surface area contributed by atoms with Gasteiger partial charge < -0.3 is 18.9 Å². The first-order chi connectivity index (χ1) is 17.7. The number of rotatable bonds is 9. The van der Waals surface area contributed by atoms with Crippen molar-refractivity contribution in [2.45, 2.75) is 65.5 Å².